The van der Waals surface area contributed by atoms with E-state index in [2.05, 4.69) is 75.5 Å². The predicted octanol–water partition coefficient (Wildman–Crippen LogP) is 4.38. The first-order valence-electron chi connectivity index (χ1n) is 7.93. The molecule has 0 aliphatic carbocycles. The van der Waals surface area contributed by atoms with Gasteiger partial charge < -0.3 is 5.32 Å². The lowest BCUT2D eigenvalue weighted by Gasteiger charge is -2.20. The van der Waals surface area contributed by atoms with Gasteiger partial charge in [-0.3, -0.25) is 0 Å². The quantitative estimate of drug-likeness (QED) is 0.829. The van der Waals surface area contributed by atoms with Crippen molar-refractivity contribution < 1.29 is 0 Å². The standard InChI is InChI=1S/C20H27N/c1-5-21-20(13-18-8-6-7-15(2)11-18)14-19-12-16(3)9-10-17(19)4/h6-12,20-21H,5,13-14H2,1-4H3. The molecular weight excluding hydrogens is 254 g/mol. The summed E-state index contributed by atoms with van der Waals surface area (Å²) in [4.78, 5) is 0. The summed E-state index contributed by atoms with van der Waals surface area (Å²) in [6.07, 6.45) is 2.18. The van der Waals surface area contributed by atoms with Crippen LogP contribution in [0.2, 0.25) is 0 Å². The number of hydrogen-bond acceptors (Lipinski definition) is 1. The zero-order chi connectivity index (χ0) is 15.2. The van der Waals surface area contributed by atoms with Crippen molar-refractivity contribution in [1.82, 2.24) is 5.32 Å². The van der Waals surface area contributed by atoms with E-state index in [0.717, 1.165) is 19.4 Å². The van der Waals surface area contributed by atoms with Crippen LogP contribution in [-0.4, -0.2) is 12.6 Å². The first-order valence-corrected chi connectivity index (χ1v) is 7.93. The van der Waals surface area contributed by atoms with Gasteiger partial charge in [0.15, 0.2) is 0 Å². The zero-order valence-corrected chi connectivity index (χ0v) is 13.7. The Morgan fingerprint density at radius 2 is 1.67 bits per heavy atom. The van der Waals surface area contributed by atoms with E-state index < -0.39 is 0 Å². The second kappa shape index (κ2) is 7.42. The molecular formula is C20H27N. The Kier molecular flexibility index (Phi) is 5.58. The lowest BCUT2D eigenvalue weighted by atomic mass is 9.94. The van der Waals surface area contributed by atoms with Gasteiger partial charge in [0.25, 0.3) is 0 Å². The van der Waals surface area contributed by atoms with Gasteiger partial charge in [0.05, 0.1) is 0 Å². The van der Waals surface area contributed by atoms with Crippen LogP contribution >= 0.6 is 0 Å². The minimum Gasteiger partial charge on any atom is -0.314 e. The molecule has 0 heterocycles. The first-order chi connectivity index (χ1) is 10.1. The molecule has 21 heavy (non-hydrogen) atoms. The van der Waals surface area contributed by atoms with Crippen molar-refractivity contribution in [3.63, 3.8) is 0 Å². The molecule has 2 aromatic carbocycles. The van der Waals surface area contributed by atoms with Gasteiger partial charge >= 0.3 is 0 Å². The van der Waals surface area contributed by atoms with Crippen LogP contribution in [0.5, 0.6) is 0 Å². The van der Waals surface area contributed by atoms with Gasteiger partial charge in [0, 0.05) is 6.04 Å². The molecule has 0 radical (unpaired) electrons. The number of hydrogen-bond donors (Lipinski definition) is 1. The molecule has 0 aromatic heterocycles. The average Bonchev–Trinajstić information content (AvgIpc) is 2.43. The average molecular weight is 281 g/mol. The van der Waals surface area contributed by atoms with E-state index in [0.29, 0.717) is 6.04 Å². The van der Waals surface area contributed by atoms with Crippen LogP contribution < -0.4 is 5.32 Å². The number of nitrogens with one attached hydrogen (secondary N) is 1. The minimum absolute atomic E-state index is 0.498. The summed E-state index contributed by atoms with van der Waals surface area (Å²) in [6.45, 7) is 9.75. The maximum absolute atomic E-state index is 3.65. The van der Waals surface area contributed by atoms with E-state index in [-0.39, 0.29) is 0 Å². The lowest BCUT2D eigenvalue weighted by molar-refractivity contribution is 0.520. The van der Waals surface area contributed by atoms with Crippen molar-refractivity contribution in [2.45, 2.75) is 46.6 Å². The van der Waals surface area contributed by atoms with Gasteiger partial charge in [-0.25, -0.2) is 0 Å². The van der Waals surface area contributed by atoms with Gasteiger partial charge in [-0.1, -0.05) is 60.5 Å². The van der Waals surface area contributed by atoms with Gasteiger partial charge in [-0.15, -0.1) is 0 Å². The fourth-order valence-electron chi connectivity index (χ4n) is 2.91. The van der Waals surface area contributed by atoms with Crippen molar-refractivity contribution in [2.24, 2.45) is 0 Å². The Bertz CT molecular complexity index is 586. The Hall–Kier alpha value is -1.60. The van der Waals surface area contributed by atoms with E-state index >= 15 is 0 Å². The van der Waals surface area contributed by atoms with Crippen molar-refractivity contribution in [3.05, 3.63) is 70.3 Å². The second-order valence-corrected chi connectivity index (χ2v) is 6.08. The van der Waals surface area contributed by atoms with E-state index in [1.54, 1.807) is 0 Å². The maximum Gasteiger partial charge on any atom is 0.0148 e. The molecule has 1 unspecified atom stereocenters. The van der Waals surface area contributed by atoms with Crippen molar-refractivity contribution in [2.75, 3.05) is 6.54 Å². The molecule has 0 saturated heterocycles. The molecule has 1 heteroatoms. The SMILES string of the molecule is CCNC(Cc1cccc(C)c1)Cc1cc(C)ccc1C. The Morgan fingerprint density at radius 1 is 0.905 bits per heavy atom. The second-order valence-electron chi connectivity index (χ2n) is 6.08. The first kappa shape index (κ1) is 15.8. The molecule has 0 fully saturated rings. The van der Waals surface area contributed by atoms with E-state index in [1.807, 2.05) is 0 Å². The van der Waals surface area contributed by atoms with Crippen LogP contribution in [-0.2, 0) is 12.8 Å². The molecule has 1 N–H and O–H groups in total. The predicted molar refractivity (Wildman–Crippen MR) is 92.0 cm³/mol. The van der Waals surface area contributed by atoms with E-state index in [1.165, 1.54) is 27.8 Å². The smallest absolute Gasteiger partial charge is 0.0148 e. The maximum atomic E-state index is 3.65. The number of aryl methyl sites for hydroxylation is 3. The molecule has 112 valence electrons. The van der Waals surface area contributed by atoms with Gasteiger partial charge in [0.2, 0.25) is 0 Å². The summed E-state index contributed by atoms with van der Waals surface area (Å²) in [6, 6.07) is 16.1. The zero-order valence-electron chi connectivity index (χ0n) is 13.7. The van der Waals surface area contributed by atoms with Crippen LogP contribution in [0.3, 0.4) is 0 Å². The van der Waals surface area contributed by atoms with E-state index in [9.17, 15) is 0 Å². The molecule has 0 saturated carbocycles. The van der Waals surface area contributed by atoms with Gasteiger partial charge in [-0.05, 0) is 56.8 Å². The number of likely N-dealkylation sites (N-methyl/N-ethyl adjacent to an activating group) is 1. The summed E-state index contributed by atoms with van der Waals surface area (Å²) in [5.74, 6) is 0. The number of rotatable bonds is 6. The Labute approximate surface area is 129 Å². The van der Waals surface area contributed by atoms with Crippen LogP contribution in [0.1, 0.15) is 34.7 Å². The van der Waals surface area contributed by atoms with Crippen LogP contribution in [0.4, 0.5) is 0 Å². The molecule has 0 aliphatic rings. The summed E-state index contributed by atoms with van der Waals surface area (Å²) in [7, 11) is 0. The highest BCUT2D eigenvalue weighted by molar-refractivity contribution is 5.31. The van der Waals surface area contributed by atoms with Gasteiger partial charge in [0.1, 0.15) is 0 Å². The topological polar surface area (TPSA) is 12.0 Å². The normalized spacial score (nSPS) is 12.4. The fourth-order valence-corrected chi connectivity index (χ4v) is 2.91. The summed E-state index contributed by atoms with van der Waals surface area (Å²) in [5, 5.41) is 3.65. The monoisotopic (exact) mass is 281 g/mol. The highest BCUT2D eigenvalue weighted by Crippen LogP contribution is 2.15. The van der Waals surface area contributed by atoms with Crippen molar-refractivity contribution in [3.8, 4) is 0 Å². The minimum atomic E-state index is 0.498. The van der Waals surface area contributed by atoms with Crippen molar-refractivity contribution in [1.29, 1.82) is 0 Å². The molecule has 0 amide bonds. The highest BCUT2D eigenvalue weighted by atomic mass is 14.9. The summed E-state index contributed by atoms with van der Waals surface area (Å²) in [5.41, 5.74) is 6.98. The Balaban J connectivity index is 2.13. The fraction of sp³-hybridized carbons (Fsp3) is 0.400. The molecule has 0 aliphatic heterocycles. The third-order valence-electron chi connectivity index (χ3n) is 4.03. The molecule has 1 nitrogen and oxygen atoms in total. The lowest BCUT2D eigenvalue weighted by Crippen LogP contribution is -2.33. The molecule has 2 aromatic rings. The summed E-state index contributed by atoms with van der Waals surface area (Å²) < 4.78 is 0. The third kappa shape index (κ3) is 4.71. The molecule has 0 bridgehead atoms. The van der Waals surface area contributed by atoms with Crippen molar-refractivity contribution >= 4 is 0 Å². The van der Waals surface area contributed by atoms with E-state index in [4.69, 9.17) is 0 Å². The van der Waals surface area contributed by atoms with Gasteiger partial charge in [-0.2, -0.15) is 0 Å². The Morgan fingerprint density at radius 3 is 2.38 bits per heavy atom. The van der Waals surface area contributed by atoms with Crippen LogP contribution in [0.15, 0.2) is 42.5 Å². The third-order valence-corrected chi connectivity index (χ3v) is 4.03. The van der Waals surface area contributed by atoms with Crippen LogP contribution in [0, 0.1) is 20.8 Å². The molecule has 2 rings (SSSR count). The summed E-state index contributed by atoms with van der Waals surface area (Å²) >= 11 is 0. The number of benzene rings is 2. The largest absolute Gasteiger partial charge is 0.314 e. The molecule has 1 atom stereocenters. The van der Waals surface area contributed by atoms with Crippen LogP contribution in [0.25, 0.3) is 0 Å². The molecule has 0 spiro atoms. The highest BCUT2D eigenvalue weighted by Gasteiger charge is 2.11.